The van der Waals surface area contributed by atoms with Gasteiger partial charge in [-0.15, -0.1) is 0 Å². The van der Waals surface area contributed by atoms with Gasteiger partial charge in [0.25, 0.3) is 0 Å². The molecule has 0 aliphatic rings. The van der Waals surface area contributed by atoms with Gasteiger partial charge in [-0.3, -0.25) is 4.79 Å². The molecule has 22 heavy (non-hydrogen) atoms. The molecule has 4 rings (SSSR count). The molecule has 7 heteroatoms. The van der Waals surface area contributed by atoms with E-state index in [0.717, 1.165) is 22.9 Å². The molecule has 0 amide bonds. The summed E-state index contributed by atoms with van der Waals surface area (Å²) in [6, 6.07) is 3.79. The average molecular weight is 293 g/mol. The molecule has 108 valence electrons. The molecule has 0 fully saturated rings. The first-order chi connectivity index (χ1) is 10.8. The number of nitrogens with one attached hydrogen (secondary N) is 1. The lowest BCUT2D eigenvalue weighted by molar-refractivity contribution is 0.112. The molecule has 4 aromatic rings. The summed E-state index contributed by atoms with van der Waals surface area (Å²) >= 11 is 0. The number of carbonyl (C=O) groups excluding carboxylic acids is 1. The van der Waals surface area contributed by atoms with Crippen LogP contribution in [0.4, 0.5) is 0 Å². The number of hydrogen-bond donors (Lipinski definition) is 1. The fourth-order valence-electron chi connectivity index (χ4n) is 2.43. The smallest absolute Gasteiger partial charge is 0.247 e. The Morgan fingerprint density at radius 2 is 2.27 bits per heavy atom. The summed E-state index contributed by atoms with van der Waals surface area (Å²) in [5.74, 6) is 0.957. The van der Waals surface area contributed by atoms with E-state index in [-0.39, 0.29) is 0 Å². The molecule has 4 aromatic heterocycles. The Morgan fingerprint density at radius 1 is 1.36 bits per heavy atom. The van der Waals surface area contributed by atoms with Crippen LogP contribution in [-0.4, -0.2) is 30.9 Å². The van der Waals surface area contributed by atoms with Gasteiger partial charge < -0.3 is 9.72 Å². The van der Waals surface area contributed by atoms with Crippen molar-refractivity contribution >= 4 is 22.8 Å². The standard InChI is InChI=1S/C15H11N5O2/c1-9-11(7-21)6-20-13(9)15(18-8-19-20)22-12-4-10-2-3-16-14(10)17-5-12/h2-8H,1H3,(H,16,17). The number of hydrogen-bond acceptors (Lipinski definition) is 5. The molecule has 0 spiro atoms. The van der Waals surface area contributed by atoms with Crippen molar-refractivity contribution in [2.45, 2.75) is 6.92 Å². The van der Waals surface area contributed by atoms with Crippen molar-refractivity contribution in [1.82, 2.24) is 24.6 Å². The minimum Gasteiger partial charge on any atom is -0.435 e. The average Bonchev–Trinajstić information content (AvgIpc) is 3.12. The van der Waals surface area contributed by atoms with Crippen LogP contribution in [0, 0.1) is 6.92 Å². The molecule has 0 aromatic carbocycles. The molecule has 0 unspecified atom stereocenters. The number of aldehydes is 1. The second-order valence-corrected chi connectivity index (χ2v) is 4.87. The van der Waals surface area contributed by atoms with Gasteiger partial charge in [-0.25, -0.2) is 9.50 Å². The fourth-order valence-corrected chi connectivity index (χ4v) is 2.43. The Balaban J connectivity index is 1.83. The number of H-pyrrole nitrogens is 1. The van der Waals surface area contributed by atoms with Crippen LogP contribution in [0.3, 0.4) is 0 Å². The Labute approximate surface area is 124 Å². The Bertz CT molecular complexity index is 1000. The van der Waals surface area contributed by atoms with E-state index in [9.17, 15) is 4.79 Å². The number of pyridine rings is 1. The van der Waals surface area contributed by atoms with Crippen LogP contribution in [0.1, 0.15) is 15.9 Å². The maximum atomic E-state index is 11.1. The topological polar surface area (TPSA) is 85.2 Å². The second kappa shape index (κ2) is 4.66. The Kier molecular flexibility index (Phi) is 2.65. The molecular weight excluding hydrogens is 282 g/mol. The summed E-state index contributed by atoms with van der Waals surface area (Å²) in [7, 11) is 0. The first-order valence-corrected chi connectivity index (χ1v) is 6.65. The van der Waals surface area contributed by atoms with Gasteiger partial charge in [0, 0.05) is 23.3 Å². The van der Waals surface area contributed by atoms with Gasteiger partial charge in [-0.2, -0.15) is 10.1 Å². The first kappa shape index (κ1) is 12.5. The highest BCUT2D eigenvalue weighted by Crippen LogP contribution is 2.28. The SMILES string of the molecule is Cc1c(C=O)cn2ncnc(Oc3cnc4[nH]ccc4c3)c12. The molecule has 0 atom stereocenters. The molecule has 0 bridgehead atoms. The lowest BCUT2D eigenvalue weighted by Crippen LogP contribution is -1.97. The van der Waals surface area contributed by atoms with Crippen LogP contribution in [0.5, 0.6) is 11.6 Å². The first-order valence-electron chi connectivity index (χ1n) is 6.65. The number of fused-ring (bicyclic) bond motifs is 2. The molecular formula is C15H11N5O2. The van der Waals surface area contributed by atoms with E-state index >= 15 is 0 Å². The van der Waals surface area contributed by atoms with Crippen LogP contribution in [0.2, 0.25) is 0 Å². The molecule has 4 heterocycles. The van der Waals surface area contributed by atoms with Crippen LogP contribution in [-0.2, 0) is 0 Å². The summed E-state index contributed by atoms with van der Waals surface area (Å²) in [5.41, 5.74) is 2.80. The summed E-state index contributed by atoms with van der Waals surface area (Å²) in [6.07, 6.45) is 7.27. The Morgan fingerprint density at radius 3 is 3.14 bits per heavy atom. The molecule has 1 N–H and O–H groups in total. The molecule has 0 aliphatic carbocycles. The zero-order chi connectivity index (χ0) is 15.1. The lowest BCUT2D eigenvalue weighted by Gasteiger charge is -2.06. The van der Waals surface area contributed by atoms with Crippen LogP contribution in [0.15, 0.2) is 37.1 Å². The molecule has 7 nitrogen and oxygen atoms in total. The van der Waals surface area contributed by atoms with Gasteiger partial charge in [0.15, 0.2) is 6.29 Å². The fraction of sp³-hybridized carbons (Fsp3) is 0.0667. The van der Waals surface area contributed by atoms with E-state index < -0.39 is 0 Å². The van der Waals surface area contributed by atoms with E-state index in [1.807, 2.05) is 25.3 Å². The third kappa shape index (κ3) is 1.83. The zero-order valence-electron chi connectivity index (χ0n) is 11.6. The number of rotatable bonds is 3. The van der Waals surface area contributed by atoms with Crippen LogP contribution in [0.25, 0.3) is 16.6 Å². The van der Waals surface area contributed by atoms with E-state index in [4.69, 9.17) is 4.74 Å². The largest absolute Gasteiger partial charge is 0.435 e. The third-order valence-electron chi connectivity index (χ3n) is 3.55. The maximum Gasteiger partial charge on any atom is 0.247 e. The monoisotopic (exact) mass is 293 g/mol. The van der Waals surface area contributed by atoms with Gasteiger partial charge in [-0.05, 0) is 24.6 Å². The van der Waals surface area contributed by atoms with Crippen LogP contribution >= 0.6 is 0 Å². The lowest BCUT2D eigenvalue weighted by atomic mass is 10.2. The molecule has 0 saturated carbocycles. The van der Waals surface area contributed by atoms with Crippen molar-refractivity contribution in [1.29, 1.82) is 0 Å². The van der Waals surface area contributed by atoms with Gasteiger partial charge in [-0.1, -0.05) is 0 Å². The molecule has 0 aliphatic heterocycles. The van der Waals surface area contributed by atoms with E-state index in [2.05, 4.69) is 20.1 Å². The van der Waals surface area contributed by atoms with Gasteiger partial charge >= 0.3 is 0 Å². The predicted molar refractivity (Wildman–Crippen MR) is 79.3 cm³/mol. The van der Waals surface area contributed by atoms with Crippen molar-refractivity contribution in [2.24, 2.45) is 0 Å². The minimum atomic E-state index is 0.386. The predicted octanol–water partition coefficient (Wildman–Crippen LogP) is 2.52. The summed E-state index contributed by atoms with van der Waals surface area (Å²) < 4.78 is 7.43. The van der Waals surface area contributed by atoms with Crippen molar-refractivity contribution in [2.75, 3.05) is 0 Å². The highest BCUT2D eigenvalue weighted by molar-refractivity contribution is 5.83. The van der Waals surface area contributed by atoms with Gasteiger partial charge in [0.2, 0.25) is 5.88 Å². The van der Waals surface area contributed by atoms with Crippen molar-refractivity contribution in [3.05, 3.63) is 48.2 Å². The van der Waals surface area contributed by atoms with Crippen LogP contribution < -0.4 is 4.74 Å². The van der Waals surface area contributed by atoms with E-state index in [1.54, 1.807) is 16.9 Å². The van der Waals surface area contributed by atoms with E-state index in [0.29, 0.717) is 22.7 Å². The number of aryl methyl sites for hydroxylation is 1. The summed E-state index contributed by atoms with van der Waals surface area (Å²) in [4.78, 5) is 22.5. The van der Waals surface area contributed by atoms with Crippen molar-refractivity contribution in [3.63, 3.8) is 0 Å². The quantitative estimate of drug-likeness (QED) is 0.587. The van der Waals surface area contributed by atoms with E-state index in [1.165, 1.54) is 6.33 Å². The van der Waals surface area contributed by atoms with Crippen molar-refractivity contribution < 1.29 is 9.53 Å². The maximum absolute atomic E-state index is 11.1. The summed E-state index contributed by atoms with van der Waals surface area (Å²) in [5, 5.41) is 5.05. The number of carbonyl (C=O) groups is 1. The Hall–Kier alpha value is -3.22. The number of nitrogens with zero attached hydrogens (tertiary/aromatic N) is 4. The number of aromatic nitrogens is 5. The van der Waals surface area contributed by atoms with Gasteiger partial charge in [0.1, 0.15) is 23.2 Å². The minimum absolute atomic E-state index is 0.386. The second-order valence-electron chi connectivity index (χ2n) is 4.87. The highest BCUT2D eigenvalue weighted by atomic mass is 16.5. The molecule has 0 radical (unpaired) electrons. The molecule has 0 saturated heterocycles. The normalized spacial score (nSPS) is 11.1. The third-order valence-corrected chi connectivity index (χ3v) is 3.55. The van der Waals surface area contributed by atoms with Crippen molar-refractivity contribution in [3.8, 4) is 11.6 Å². The summed E-state index contributed by atoms with van der Waals surface area (Å²) in [6.45, 7) is 1.84. The highest BCUT2D eigenvalue weighted by Gasteiger charge is 2.14. The zero-order valence-corrected chi connectivity index (χ0v) is 11.6. The number of aromatic amines is 1. The number of ether oxygens (including phenoxy) is 1. The van der Waals surface area contributed by atoms with Gasteiger partial charge in [0.05, 0.1) is 6.20 Å².